The topological polar surface area (TPSA) is 91.2 Å². The Kier molecular flexibility index (Phi) is 5.63. The van der Waals surface area contributed by atoms with E-state index in [4.69, 9.17) is 9.47 Å². The van der Waals surface area contributed by atoms with Crippen LogP contribution in [0.1, 0.15) is 16.4 Å². The minimum Gasteiger partial charge on any atom is -0.493 e. The average Bonchev–Trinajstić information content (AvgIpc) is 3.40. The lowest BCUT2D eigenvalue weighted by molar-refractivity contribution is 0.101. The van der Waals surface area contributed by atoms with Crippen LogP contribution in [-0.4, -0.2) is 39.9 Å². The Labute approximate surface area is 181 Å². The lowest BCUT2D eigenvalue weighted by Crippen LogP contribution is -2.14. The average molecular weight is 439 g/mol. The van der Waals surface area contributed by atoms with Crippen molar-refractivity contribution < 1.29 is 18.7 Å². The van der Waals surface area contributed by atoms with Gasteiger partial charge in [0.1, 0.15) is 11.6 Å². The molecular formula is C21H18FN5O3S. The number of nitrogens with one attached hydrogen (secondary N) is 1. The van der Waals surface area contributed by atoms with Gasteiger partial charge in [-0.25, -0.2) is 19.0 Å². The van der Waals surface area contributed by atoms with Crippen molar-refractivity contribution in [3.05, 3.63) is 65.3 Å². The Hall–Kier alpha value is -3.79. The number of benzene rings is 2. The van der Waals surface area contributed by atoms with Crippen molar-refractivity contribution in [1.82, 2.24) is 19.7 Å². The van der Waals surface area contributed by atoms with Crippen molar-refractivity contribution in [3.8, 4) is 28.4 Å². The third kappa shape index (κ3) is 4.24. The van der Waals surface area contributed by atoms with Crippen molar-refractivity contribution in [2.45, 2.75) is 6.92 Å². The van der Waals surface area contributed by atoms with Gasteiger partial charge in [-0.1, -0.05) is 0 Å². The minimum absolute atomic E-state index is 0.00954. The number of hydrogen-bond acceptors (Lipinski definition) is 7. The highest BCUT2D eigenvalue weighted by molar-refractivity contribution is 7.14. The molecule has 0 unspecified atom stereocenters. The van der Waals surface area contributed by atoms with Crippen LogP contribution >= 0.6 is 11.3 Å². The first-order chi connectivity index (χ1) is 15.0. The first kappa shape index (κ1) is 20.5. The fraction of sp³-hybridized carbons (Fsp3) is 0.143. The second kappa shape index (κ2) is 8.52. The number of halogens is 1. The van der Waals surface area contributed by atoms with Gasteiger partial charge in [0.05, 0.1) is 25.6 Å². The fourth-order valence-electron chi connectivity index (χ4n) is 2.93. The number of nitrogens with zero attached hydrogens (tertiary/aromatic N) is 4. The van der Waals surface area contributed by atoms with E-state index in [0.29, 0.717) is 33.8 Å². The van der Waals surface area contributed by atoms with Gasteiger partial charge in [0.2, 0.25) is 5.82 Å². The molecule has 1 N–H and O–H groups in total. The maximum absolute atomic E-state index is 13.2. The molecule has 0 aliphatic heterocycles. The van der Waals surface area contributed by atoms with Crippen LogP contribution in [0, 0.1) is 12.7 Å². The summed E-state index contributed by atoms with van der Waals surface area (Å²) in [5, 5.41) is 9.18. The van der Waals surface area contributed by atoms with Crippen molar-refractivity contribution in [2.75, 3.05) is 19.5 Å². The quantitative estimate of drug-likeness (QED) is 0.486. The fourth-order valence-corrected chi connectivity index (χ4v) is 3.64. The molecule has 1 amide bonds. The van der Waals surface area contributed by atoms with E-state index in [-0.39, 0.29) is 11.6 Å². The Morgan fingerprint density at radius 2 is 1.81 bits per heavy atom. The molecule has 0 atom stereocenters. The number of hydrogen-bond donors (Lipinski definition) is 1. The van der Waals surface area contributed by atoms with E-state index >= 15 is 0 Å². The number of amides is 1. The van der Waals surface area contributed by atoms with E-state index in [2.05, 4.69) is 20.4 Å². The minimum atomic E-state index is -0.489. The first-order valence-corrected chi connectivity index (χ1v) is 10.1. The summed E-state index contributed by atoms with van der Waals surface area (Å²) in [6.45, 7) is 1.71. The molecule has 4 aromatic rings. The van der Waals surface area contributed by atoms with Crippen molar-refractivity contribution >= 4 is 22.4 Å². The van der Waals surface area contributed by atoms with Gasteiger partial charge in [-0.3, -0.25) is 10.1 Å². The summed E-state index contributed by atoms with van der Waals surface area (Å²) >= 11 is 1.28. The molecule has 158 valence electrons. The van der Waals surface area contributed by atoms with Gasteiger partial charge >= 0.3 is 0 Å². The highest BCUT2D eigenvalue weighted by Gasteiger charge is 2.17. The third-order valence-corrected chi connectivity index (χ3v) is 5.20. The van der Waals surface area contributed by atoms with Crippen molar-refractivity contribution in [1.29, 1.82) is 0 Å². The van der Waals surface area contributed by atoms with Crippen LogP contribution < -0.4 is 14.8 Å². The van der Waals surface area contributed by atoms with E-state index < -0.39 is 5.91 Å². The summed E-state index contributed by atoms with van der Waals surface area (Å²) < 4.78 is 25.2. The van der Waals surface area contributed by atoms with E-state index in [1.807, 2.05) is 17.5 Å². The summed E-state index contributed by atoms with van der Waals surface area (Å²) in [5.74, 6) is 0.857. The SMILES string of the molecule is COc1ccc(-c2csc(NC(=O)c3nc(C)n(-c4ccc(F)cc4)n3)n2)cc1OC. The summed E-state index contributed by atoms with van der Waals surface area (Å²) in [7, 11) is 3.13. The molecule has 4 rings (SSSR count). The van der Waals surface area contributed by atoms with Gasteiger partial charge < -0.3 is 9.47 Å². The second-order valence-electron chi connectivity index (χ2n) is 6.43. The standard InChI is InChI=1S/C21H18FN5O3S/c1-12-23-19(26-27(12)15-7-5-14(22)6-8-15)20(28)25-21-24-16(11-31-21)13-4-9-17(29-2)18(10-13)30-3/h4-11H,1-3H3,(H,24,25,28). The normalized spacial score (nSPS) is 10.7. The molecule has 31 heavy (non-hydrogen) atoms. The Morgan fingerprint density at radius 1 is 1.06 bits per heavy atom. The number of carbonyl (C=O) groups excluding carboxylic acids is 1. The van der Waals surface area contributed by atoms with Crippen LogP contribution in [0.3, 0.4) is 0 Å². The van der Waals surface area contributed by atoms with Crippen molar-refractivity contribution in [3.63, 3.8) is 0 Å². The molecule has 0 fully saturated rings. The number of carbonyl (C=O) groups is 1. The number of ether oxygens (including phenoxy) is 2. The van der Waals surface area contributed by atoms with Gasteiger partial charge in [0, 0.05) is 10.9 Å². The molecule has 0 saturated carbocycles. The molecule has 0 spiro atoms. The highest BCUT2D eigenvalue weighted by atomic mass is 32.1. The maximum Gasteiger partial charge on any atom is 0.297 e. The molecule has 0 aliphatic rings. The van der Waals surface area contributed by atoms with E-state index in [1.54, 1.807) is 39.3 Å². The van der Waals surface area contributed by atoms with Gasteiger partial charge in [-0.05, 0) is 49.4 Å². The lowest BCUT2D eigenvalue weighted by atomic mass is 10.1. The highest BCUT2D eigenvalue weighted by Crippen LogP contribution is 2.33. The maximum atomic E-state index is 13.2. The number of rotatable bonds is 6. The smallest absolute Gasteiger partial charge is 0.297 e. The van der Waals surface area contributed by atoms with Gasteiger partial charge in [-0.15, -0.1) is 16.4 Å². The zero-order valence-corrected chi connectivity index (χ0v) is 17.7. The Balaban J connectivity index is 1.52. The number of aryl methyl sites for hydroxylation is 1. The first-order valence-electron chi connectivity index (χ1n) is 9.17. The molecular weight excluding hydrogens is 421 g/mol. The molecule has 0 aliphatic carbocycles. The molecule has 0 radical (unpaired) electrons. The summed E-state index contributed by atoms with van der Waals surface area (Å²) in [6.07, 6.45) is 0. The summed E-state index contributed by atoms with van der Waals surface area (Å²) in [5.41, 5.74) is 2.11. The van der Waals surface area contributed by atoms with Crippen LogP contribution in [0.5, 0.6) is 11.5 Å². The number of methoxy groups -OCH3 is 2. The number of aromatic nitrogens is 4. The predicted molar refractivity (Wildman–Crippen MR) is 115 cm³/mol. The molecule has 10 heteroatoms. The van der Waals surface area contributed by atoms with Crippen LogP contribution in [0.25, 0.3) is 16.9 Å². The zero-order chi connectivity index (χ0) is 22.0. The van der Waals surface area contributed by atoms with Gasteiger partial charge in [-0.2, -0.15) is 0 Å². The van der Waals surface area contributed by atoms with E-state index in [1.165, 1.54) is 28.2 Å². The molecule has 0 saturated heterocycles. The van der Waals surface area contributed by atoms with Crippen LogP contribution in [-0.2, 0) is 0 Å². The number of thiazole rings is 1. The van der Waals surface area contributed by atoms with Gasteiger partial charge in [0.15, 0.2) is 16.6 Å². The predicted octanol–water partition coefficient (Wildman–Crippen LogP) is 4.11. The Morgan fingerprint density at radius 3 is 2.52 bits per heavy atom. The molecule has 0 bridgehead atoms. The molecule has 2 aromatic heterocycles. The van der Waals surface area contributed by atoms with Crippen LogP contribution in [0.15, 0.2) is 47.8 Å². The second-order valence-corrected chi connectivity index (χ2v) is 7.29. The van der Waals surface area contributed by atoms with Gasteiger partial charge in [0.25, 0.3) is 5.91 Å². The Bertz CT molecular complexity index is 1240. The third-order valence-electron chi connectivity index (χ3n) is 4.45. The number of anilines is 1. The zero-order valence-electron chi connectivity index (χ0n) is 16.9. The molecule has 2 heterocycles. The monoisotopic (exact) mass is 439 g/mol. The van der Waals surface area contributed by atoms with Crippen LogP contribution in [0.2, 0.25) is 0 Å². The lowest BCUT2D eigenvalue weighted by Gasteiger charge is -2.08. The van der Waals surface area contributed by atoms with E-state index in [0.717, 1.165) is 5.56 Å². The molecule has 2 aromatic carbocycles. The summed E-state index contributed by atoms with van der Waals surface area (Å²) in [6, 6.07) is 11.2. The van der Waals surface area contributed by atoms with Crippen molar-refractivity contribution in [2.24, 2.45) is 0 Å². The largest absolute Gasteiger partial charge is 0.493 e. The van der Waals surface area contributed by atoms with E-state index in [9.17, 15) is 9.18 Å². The molecule has 8 nitrogen and oxygen atoms in total. The van der Waals surface area contributed by atoms with Crippen LogP contribution in [0.4, 0.5) is 9.52 Å². The summed E-state index contributed by atoms with van der Waals surface area (Å²) in [4.78, 5) is 21.3.